The Hall–Kier alpha value is -3.79. The number of aromatic nitrogens is 1. The van der Waals surface area contributed by atoms with E-state index < -0.39 is 18.0 Å². The molecule has 1 heterocycles. The first-order chi connectivity index (χ1) is 15.5. The number of nitrogens with zero attached hydrogens (tertiary/aromatic N) is 1. The molecule has 0 aliphatic carbocycles. The van der Waals surface area contributed by atoms with Gasteiger partial charge in [-0.1, -0.05) is 30.3 Å². The van der Waals surface area contributed by atoms with Crippen molar-refractivity contribution in [3.05, 3.63) is 78.2 Å². The van der Waals surface area contributed by atoms with Gasteiger partial charge >= 0.3 is 12.2 Å². The number of hydrogen-bond donors (Lipinski definition) is 3. The van der Waals surface area contributed by atoms with Gasteiger partial charge in [-0.2, -0.15) is 12.6 Å². The number of amides is 2. The van der Waals surface area contributed by atoms with Crippen molar-refractivity contribution in [3.63, 3.8) is 0 Å². The maximum absolute atomic E-state index is 14.4. The van der Waals surface area contributed by atoms with Gasteiger partial charge in [0.1, 0.15) is 30.5 Å². The summed E-state index contributed by atoms with van der Waals surface area (Å²) in [6, 6.07) is 16.1. The van der Waals surface area contributed by atoms with E-state index in [-0.39, 0.29) is 30.5 Å². The summed E-state index contributed by atoms with van der Waals surface area (Å²) in [6.07, 6.45) is -0.0427. The number of rotatable bonds is 8. The summed E-state index contributed by atoms with van der Waals surface area (Å²) >= 11 is 3.95. The van der Waals surface area contributed by atoms with Crippen LogP contribution in [-0.4, -0.2) is 29.5 Å². The molecule has 2 N–H and O–H groups in total. The summed E-state index contributed by atoms with van der Waals surface area (Å²) in [4.78, 5) is 27.5. The minimum atomic E-state index is -0.781. The number of nitrogens with one attached hydrogen (secondary N) is 2. The lowest BCUT2D eigenvalue weighted by molar-refractivity contribution is 0.155. The zero-order valence-corrected chi connectivity index (χ0v) is 17.7. The molecular formula is C22H20FN3O5S. The van der Waals surface area contributed by atoms with E-state index in [9.17, 15) is 14.0 Å². The highest BCUT2D eigenvalue weighted by Gasteiger charge is 2.11. The lowest BCUT2D eigenvalue weighted by Gasteiger charge is -2.11. The Kier molecular flexibility index (Phi) is 8.27. The van der Waals surface area contributed by atoms with Gasteiger partial charge in [0.05, 0.1) is 5.69 Å². The van der Waals surface area contributed by atoms with Crippen LogP contribution in [-0.2, 0) is 16.1 Å². The average molecular weight is 457 g/mol. The molecule has 0 aliphatic rings. The fourth-order valence-corrected chi connectivity index (χ4v) is 2.58. The van der Waals surface area contributed by atoms with Crippen molar-refractivity contribution in [2.75, 3.05) is 23.0 Å². The van der Waals surface area contributed by atoms with Crippen LogP contribution in [0.25, 0.3) is 0 Å². The van der Waals surface area contributed by atoms with Crippen LogP contribution in [0.4, 0.5) is 25.5 Å². The van der Waals surface area contributed by atoms with Gasteiger partial charge in [-0.25, -0.2) is 19.0 Å². The van der Waals surface area contributed by atoms with Crippen molar-refractivity contribution in [1.29, 1.82) is 0 Å². The number of ether oxygens (including phenoxy) is 3. The fourth-order valence-electron chi connectivity index (χ4n) is 2.49. The molecule has 2 aromatic carbocycles. The summed E-state index contributed by atoms with van der Waals surface area (Å²) in [5.41, 5.74) is 0.757. The van der Waals surface area contributed by atoms with E-state index in [2.05, 4.69) is 28.2 Å². The SMILES string of the molecule is O=C(Nc1cc(Oc2ccc(NC(=O)OCc3ccccc3)c(F)c2)ccn1)OCCS. The molecule has 3 aromatic rings. The molecule has 0 aliphatic heterocycles. The summed E-state index contributed by atoms with van der Waals surface area (Å²) in [5, 5.41) is 4.80. The molecule has 0 radical (unpaired) electrons. The van der Waals surface area contributed by atoms with E-state index in [0.717, 1.165) is 11.6 Å². The highest BCUT2D eigenvalue weighted by molar-refractivity contribution is 7.80. The first-order valence-corrected chi connectivity index (χ1v) is 10.1. The largest absolute Gasteiger partial charge is 0.457 e. The van der Waals surface area contributed by atoms with Crippen molar-refractivity contribution in [1.82, 2.24) is 4.98 Å². The van der Waals surface area contributed by atoms with Gasteiger partial charge < -0.3 is 14.2 Å². The third kappa shape index (κ3) is 7.17. The number of pyridine rings is 1. The summed E-state index contributed by atoms with van der Waals surface area (Å²) in [6.45, 7) is 0.223. The first-order valence-electron chi connectivity index (χ1n) is 9.49. The fraction of sp³-hybridized carbons (Fsp3) is 0.136. The molecule has 2 amide bonds. The maximum atomic E-state index is 14.4. The number of carbonyl (C=O) groups excluding carboxylic acids is 2. The Bertz CT molecular complexity index is 1070. The second kappa shape index (κ2) is 11.6. The molecule has 0 spiro atoms. The van der Waals surface area contributed by atoms with E-state index in [1.165, 1.54) is 30.5 Å². The lowest BCUT2D eigenvalue weighted by atomic mass is 10.2. The first kappa shape index (κ1) is 22.9. The second-order valence-electron chi connectivity index (χ2n) is 6.29. The number of thiol groups is 1. The molecule has 0 fully saturated rings. The predicted molar refractivity (Wildman–Crippen MR) is 120 cm³/mol. The normalized spacial score (nSPS) is 10.2. The molecule has 0 saturated carbocycles. The minimum Gasteiger partial charge on any atom is -0.457 e. The molecule has 32 heavy (non-hydrogen) atoms. The van der Waals surface area contributed by atoms with Gasteiger partial charge in [0.15, 0.2) is 5.82 Å². The Morgan fingerprint density at radius 3 is 2.44 bits per heavy atom. The van der Waals surface area contributed by atoms with Crippen molar-refractivity contribution < 1.29 is 28.2 Å². The minimum absolute atomic E-state index is 0.0561. The number of hydrogen-bond acceptors (Lipinski definition) is 7. The van der Waals surface area contributed by atoms with Crippen LogP contribution in [0, 0.1) is 5.82 Å². The third-order valence-corrected chi connectivity index (χ3v) is 4.09. The number of carbonyl (C=O) groups is 2. The summed E-state index contributed by atoms with van der Waals surface area (Å²) in [7, 11) is 0. The molecule has 0 atom stereocenters. The molecule has 0 bridgehead atoms. The van der Waals surface area contributed by atoms with E-state index in [1.807, 2.05) is 30.3 Å². The molecule has 8 nitrogen and oxygen atoms in total. The van der Waals surface area contributed by atoms with Crippen molar-refractivity contribution in [2.45, 2.75) is 6.61 Å². The summed E-state index contributed by atoms with van der Waals surface area (Å²) in [5.74, 6) is 0.381. The highest BCUT2D eigenvalue weighted by atomic mass is 32.1. The van der Waals surface area contributed by atoms with E-state index in [1.54, 1.807) is 0 Å². The predicted octanol–water partition coefficient (Wildman–Crippen LogP) is 5.24. The third-order valence-electron chi connectivity index (χ3n) is 3.91. The van der Waals surface area contributed by atoms with Gasteiger partial charge in [-0.15, -0.1) is 0 Å². The van der Waals surface area contributed by atoms with Crippen molar-refractivity contribution in [3.8, 4) is 11.5 Å². The molecule has 10 heteroatoms. The van der Waals surface area contributed by atoms with Gasteiger partial charge in [-0.05, 0) is 23.8 Å². The van der Waals surface area contributed by atoms with Crippen LogP contribution >= 0.6 is 12.6 Å². The lowest BCUT2D eigenvalue weighted by Crippen LogP contribution is -2.15. The number of anilines is 2. The second-order valence-corrected chi connectivity index (χ2v) is 6.74. The summed E-state index contributed by atoms with van der Waals surface area (Å²) < 4.78 is 29.9. The van der Waals surface area contributed by atoms with Crippen LogP contribution < -0.4 is 15.4 Å². The van der Waals surface area contributed by atoms with Crippen molar-refractivity contribution in [2.24, 2.45) is 0 Å². The van der Waals surface area contributed by atoms with E-state index in [4.69, 9.17) is 14.2 Å². The maximum Gasteiger partial charge on any atom is 0.412 e. The van der Waals surface area contributed by atoms with Gasteiger partial charge in [-0.3, -0.25) is 10.6 Å². The standard InChI is InChI=1S/C22H20FN3O5S/c23-18-12-16(31-17-8-9-24-20(13-17)26-22(28)29-10-11-32)6-7-19(18)25-21(27)30-14-15-4-2-1-3-5-15/h1-9,12-13,32H,10-11,14H2,(H,25,27)(H,24,26,28). The molecule has 166 valence electrons. The van der Waals surface area contributed by atoms with Crippen LogP contribution in [0.2, 0.25) is 0 Å². The van der Waals surface area contributed by atoms with Crippen LogP contribution in [0.15, 0.2) is 66.9 Å². The Morgan fingerprint density at radius 1 is 0.938 bits per heavy atom. The van der Waals surface area contributed by atoms with Gasteiger partial charge in [0.2, 0.25) is 0 Å². The van der Waals surface area contributed by atoms with Crippen molar-refractivity contribution >= 4 is 36.3 Å². The van der Waals surface area contributed by atoms with E-state index in [0.29, 0.717) is 11.5 Å². The monoisotopic (exact) mass is 457 g/mol. The molecular weight excluding hydrogens is 437 g/mol. The topological polar surface area (TPSA) is 98.8 Å². The zero-order valence-electron chi connectivity index (χ0n) is 16.8. The molecule has 3 rings (SSSR count). The Morgan fingerprint density at radius 2 is 1.69 bits per heavy atom. The Balaban J connectivity index is 1.56. The van der Waals surface area contributed by atoms with Crippen LogP contribution in [0.3, 0.4) is 0 Å². The quantitative estimate of drug-likeness (QED) is 0.400. The highest BCUT2D eigenvalue weighted by Crippen LogP contribution is 2.26. The number of halogens is 1. The molecule has 0 saturated heterocycles. The van der Waals surface area contributed by atoms with Crippen LogP contribution in [0.5, 0.6) is 11.5 Å². The molecule has 0 unspecified atom stereocenters. The average Bonchev–Trinajstić information content (AvgIpc) is 2.79. The van der Waals surface area contributed by atoms with Crippen LogP contribution in [0.1, 0.15) is 5.56 Å². The Labute approximate surface area is 189 Å². The molecule has 1 aromatic heterocycles. The zero-order chi connectivity index (χ0) is 22.8. The van der Waals surface area contributed by atoms with Gasteiger partial charge in [0.25, 0.3) is 0 Å². The smallest absolute Gasteiger partial charge is 0.412 e. The van der Waals surface area contributed by atoms with Gasteiger partial charge in [0, 0.05) is 24.1 Å². The van der Waals surface area contributed by atoms with E-state index >= 15 is 0 Å². The number of benzene rings is 2.